The molecule has 24 heavy (non-hydrogen) atoms. The van der Waals surface area contributed by atoms with Gasteiger partial charge in [0.2, 0.25) is 0 Å². The lowest BCUT2D eigenvalue weighted by Gasteiger charge is -2.31. The van der Waals surface area contributed by atoms with Crippen molar-refractivity contribution >= 4 is 17.8 Å². The Labute approximate surface area is 141 Å². The number of rotatable bonds is 5. The summed E-state index contributed by atoms with van der Waals surface area (Å²) >= 11 is 0. The van der Waals surface area contributed by atoms with Crippen molar-refractivity contribution in [3.63, 3.8) is 0 Å². The standard InChI is InChI=1S/C18H22N2O4/c1-4-23-17(21)13-11(3)20-16(19)15(18(22)24-5-2)14(13)12-9-7-6-8-10-12/h6-10,14-15H,4-5H2,1-3H3,(H2,19,20). The van der Waals surface area contributed by atoms with Crippen LogP contribution in [-0.2, 0) is 19.1 Å². The van der Waals surface area contributed by atoms with Crippen LogP contribution in [0.5, 0.6) is 0 Å². The number of ether oxygens (including phenoxy) is 2. The van der Waals surface area contributed by atoms with Gasteiger partial charge in [-0.2, -0.15) is 0 Å². The Morgan fingerprint density at radius 2 is 1.75 bits per heavy atom. The van der Waals surface area contributed by atoms with Crippen molar-refractivity contribution in [2.24, 2.45) is 16.6 Å². The van der Waals surface area contributed by atoms with Gasteiger partial charge >= 0.3 is 11.9 Å². The van der Waals surface area contributed by atoms with Crippen molar-refractivity contribution in [3.8, 4) is 0 Å². The first-order valence-corrected chi connectivity index (χ1v) is 7.94. The number of hydrogen-bond acceptors (Lipinski definition) is 6. The third-order valence-electron chi connectivity index (χ3n) is 3.84. The van der Waals surface area contributed by atoms with E-state index in [4.69, 9.17) is 15.2 Å². The van der Waals surface area contributed by atoms with Crippen LogP contribution in [0.3, 0.4) is 0 Å². The molecule has 0 saturated heterocycles. The molecule has 0 radical (unpaired) electrons. The molecule has 0 saturated carbocycles. The maximum atomic E-state index is 12.5. The predicted octanol–water partition coefficient (Wildman–Crippen LogP) is 2.16. The number of benzene rings is 1. The van der Waals surface area contributed by atoms with Gasteiger partial charge in [-0.3, -0.25) is 4.79 Å². The van der Waals surface area contributed by atoms with Crippen molar-refractivity contribution in [2.75, 3.05) is 13.2 Å². The van der Waals surface area contributed by atoms with Gasteiger partial charge in [0.1, 0.15) is 11.8 Å². The summed E-state index contributed by atoms with van der Waals surface area (Å²) in [5.41, 5.74) is 7.62. The van der Waals surface area contributed by atoms with Crippen molar-refractivity contribution < 1.29 is 19.1 Å². The van der Waals surface area contributed by atoms with E-state index in [1.54, 1.807) is 20.8 Å². The van der Waals surface area contributed by atoms with E-state index < -0.39 is 23.8 Å². The SMILES string of the molecule is CCOC(=O)C1=C(C)N=C(N)C(C(=O)OCC)C1c1ccccc1. The number of nitrogens with two attached hydrogens (primary N) is 1. The van der Waals surface area contributed by atoms with Crippen molar-refractivity contribution in [1.29, 1.82) is 0 Å². The normalized spacial score (nSPS) is 20.4. The highest BCUT2D eigenvalue weighted by atomic mass is 16.5. The molecular formula is C18H22N2O4. The molecule has 1 aromatic rings. The lowest BCUT2D eigenvalue weighted by molar-refractivity contribution is -0.146. The average molecular weight is 330 g/mol. The Balaban J connectivity index is 2.58. The topological polar surface area (TPSA) is 91.0 Å². The van der Waals surface area contributed by atoms with E-state index in [2.05, 4.69) is 4.99 Å². The van der Waals surface area contributed by atoms with Gasteiger partial charge in [-0.25, -0.2) is 9.79 Å². The fourth-order valence-corrected chi connectivity index (χ4v) is 2.88. The highest BCUT2D eigenvalue weighted by molar-refractivity contribution is 6.06. The van der Waals surface area contributed by atoms with Gasteiger partial charge in [-0.1, -0.05) is 30.3 Å². The molecule has 1 aliphatic rings. The van der Waals surface area contributed by atoms with Gasteiger partial charge in [0, 0.05) is 5.92 Å². The smallest absolute Gasteiger partial charge is 0.336 e. The molecule has 1 heterocycles. The molecule has 6 nitrogen and oxygen atoms in total. The van der Waals surface area contributed by atoms with Crippen LogP contribution >= 0.6 is 0 Å². The molecule has 2 unspecified atom stereocenters. The number of hydrogen-bond donors (Lipinski definition) is 1. The summed E-state index contributed by atoms with van der Waals surface area (Å²) in [6.07, 6.45) is 0. The van der Waals surface area contributed by atoms with Crippen LogP contribution in [0.4, 0.5) is 0 Å². The van der Waals surface area contributed by atoms with Crippen LogP contribution in [0, 0.1) is 5.92 Å². The monoisotopic (exact) mass is 330 g/mol. The first-order valence-electron chi connectivity index (χ1n) is 7.94. The van der Waals surface area contributed by atoms with Crippen LogP contribution in [0.25, 0.3) is 0 Å². The zero-order chi connectivity index (χ0) is 17.7. The van der Waals surface area contributed by atoms with E-state index in [1.165, 1.54) is 0 Å². The molecule has 6 heteroatoms. The van der Waals surface area contributed by atoms with Gasteiger partial charge in [0.05, 0.1) is 24.5 Å². The van der Waals surface area contributed by atoms with Gasteiger partial charge in [-0.05, 0) is 26.3 Å². The van der Waals surface area contributed by atoms with E-state index in [9.17, 15) is 9.59 Å². The predicted molar refractivity (Wildman–Crippen MR) is 90.3 cm³/mol. The molecule has 0 fully saturated rings. The second-order valence-electron chi connectivity index (χ2n) is 5.37. The van der Waals surface area contributed by atoms with Gasteiger partial charge in [0.15, 0.2) is 0 Å². The summed E-state index contributed by atoms with van der Waals surface area (Å²) in [7, 11) is 0. The molecular weight excluding hydrogens is 308 g/mol. The van der Waals surface area contributed by atoms with Gasteiger partial charge < -0.3 is 15.2 Å². The van der Waals surface area contributed by atoms with Crippen LogP contribution in [0.15, 0.2) is 46.6 Å². The molecule has 2 atom stereocenters. The largest absolute Gasteiger partial charge is 0.465 e. The zero-order valence-corrected chi connectivity index (χ0v) is 14.1. The molecule has 0 amide bonds. The van der Waals surface area contributed by atoms with Gasteiger partial charge in [-0.15, -0.1) is 0 Å². The minimum atomic E-state index is -0.851. The van der Waals surface area contributed by atoms with E-state index in [0.717, 1.165) is 5.56 Å². The van der Waals surface area contributed by atoms with Crippen LogP contribution in [0.2, 0.25) is 0 Å². The number of aliphatic imine (C=N–C) groups is 1. The molecule has 2 rings (SSSR count). The molecule has 2 N–H and O–H groups in total. The van der Waals surface area contributed by atoms with E-state index >= 15 is 0 Å². The summed E-state index contributed by atoms with van der Waals surface area (Å²) in [6.45, 7) is 5.60. The number of nitrogens with zero attached hydrogens (tertiary/aromatic N) is 1. The van der Waals surface area contributed by atoms with Crippen molar-refractivity contribution in [1.82, 2.24) is 0 Å². The lowest BCUT2D eigenvalue weighted by atomic mass is 9.77. The average Bonchev–Trinajstić information content (AvgIpc) is 2.55. The van der Waals surface area contributed by atoms with E-state index in [1.807, 2.05) is 30.3 Å². The molecule has 1 aliphatic heterocycles. The Kier molecular flexibility index (Phi) is 5.73. The maximum absolute atomic E-state index is 12.5. The molecule has 0 aliphatic carbocycles. The quantitative estimate of drug-likeness (QED) is 0.835. The third-order valence-corrected chi connectivity index (χ3v) is 3.84. The fourth-order valence-electron chi connectivity index (χ4n) is 2.88. The number of amidine groups is 1. The molecule has 128 valence electrons. The van der Waals surface area contributed by atoms with Crippen molar-refractivity contribution in [2.45, 2.75) is 26.7 Å². The minimum absolute atomic E-state index is 0.146. The summed E-state index contributed by atoms with van der Waals surface area (Å²) in [5.74, 6) is -2.28. The highest BCUT2D eigenvalue weighted by Gasteiger charge is 2.42. The summed E-state index contributed by atoms with van der Waals surface area (Å²) in [5, 5.41) is 0. The second-order valence-corrected chi connectivity index (χ2v) is 5.37. The Morgan fingerprint density at radius 3 is 2.33 bits per heavy atom. The number of carbonyl (C=O) groups is 2. The van der Waals surface area contributed by atoms with Gasteiger partial charge in [0.25, 0.3) is 0 Å². The second kappa shape index (κ2) is 7.77. The first kappa shape index (κ1) is 17.7. The lowest BCUT2D eigenvalue weighted by Crippen LogP contribution is -2.41. The number of esters is 2. The Hall–Kier alpha value is -2.63. The van der Waals surface area contributed by atoms with E-state index in [-0.39, 0.29) is 19.0 Å². The van der Waals surface area contributed by atoms with E-state index in [0.29, 0.717) is 11.3 Å². The zero-order valence-electron chi connectivity index (χ0n) is 14.1. The summed E-state index contributed by atoms with van der Waals surface area (Å²) in [4.78, 5) is 29.2. The first-order chi connectivity index (χ1) is 11.5. The van der Waals surface area contributed by atoms with Crippen LogP contribution in [0.1, 0.15) is 32.3 Å². The fraction of sp³-hybridized carbons (Fsp3) is 0.389. The Bertz CT molecular complexity index is 680. The highest BCUT2D eigenvalue weighted by Crippen LogP contribution is 2.39. The molecule has 0 bridgehead atoms. The molecule has 1 aromatic carbocycles. The number of allylic oxidation sites excluding steroid dienone is 1. The Morgan fingerprint density at radius 1 is 1.12 bits per heavy atom. The summed E-state index contributed by atoms with van der Waals surface area (Å²) < 4.78 is 10.3. The van der Waals surface area contributed by atoms with Crippen LogP contribution < -0.4 is 5.73 Å². The number of carbonyl (C=O) groups excluding carboxylic acids is 2. The minimum Gasteiger partial charge on any atom is -0.465 e. The maximum Gasteiger partial charge on any atom is 0.336 e. The molecule has 0 spiro atoms. The summed E-state index contributed by atoms with van der Waals surface area (Å²) in [6, 6.07) is 9.25. The van der Waals surface area contributed by atoms with Crippen molar-refractivity contribution in [3.05, 3.63) is 47.2 Å². The van der Waals surface area contributed by atoms with Crippen LogP contribution in [-0.4, -0.2) is 31.0 Å². The molecule has 0 aromatic heterocycles. The third kappa shape index (κ3) is 3.48.